The first-order chi connectivity index (χ1) is 12.6. The summed E-state index contributed by atoms with van der Waals surface area (Å²) in [6.07, 6.45) is 1.54. The number of carbonyl (C=O) groups is 1. The van der Waals surface area contributed by atoms with E-state index >= 15 is 0 Å². The molecule has 0 aliphatic carbocycles. The Hall–Kier alpha value is -3.45. The third kappa shape index (κ3) is 4.55. The molecule has 1 atom stereocenters. The van der Waals surface area contributed by atoms with Gasteiger partial charge in [0.15, 0.2) is 0 Å². The van der Waals surface area contributed by atoms with Crippen LogP contribution in [0.5, 0.6) is 0 Å². The summed E-state index contributed by atoms with van der Waals surface area (Å²) < 4.78 is 13.1. The van der Waals surface area contributed by atoms with Gasteiger partial charge in [0.05, 0.1) is 6.04 Å². The summed E-state index contributed by atoms with van der Waals surface area (Å²) in [4.78, 5) is 16.5. The Bertz CT molecular complexity index is 957. The molecule has 0 spiro atoms. The smallest absolute Gasteiger partial charge is 0.270 e. The molecule has 4 heteroatoms. The van der Waals surface area contributed by atoms with Crippen LogP contribution in [0, 0.1) is 17.7 Å². The third-order valence-electron chi connectivity index (χ3n) is 3.82. The van der Waals surface area contributed by atoms with Gasteiger partial charge in [-0.15, -0.1) is 0 Å². The fraction of sp³-hybridized carbons (Fsp3) is 0.0909. The Balaban J connectivity index is 1.67. The lowest BCUT2D eigenvalue weighted by Crippen LogP contribution is -2.27. The summed E-state index contributed by atoms with van der Waals surface area (Å²) in [6.45, 7) is 1.92. The van der Waals surface area contributed by atoms with Crippen molar-refractivity contribution in [3.05, 3.63) is 101 Å². The number of amides is 1. The molecule has 1 N–H and O–H groups in total. The van der Waals surface area contributed by atoms with Crippen molar-refractivity contribution in [1.29, 1.82) is 0 Å². The fourth-order valence-electron chi connectivity index (χ4n) is 2.41. The minimum Gasteiger partial charge on any atom is -0.344 e. The van der Waals surface area contributed by atoms with Crippen LogP contribution in [0.4, 0.5) is 4.39 Å². The van der Waals surface area contributed by atoms with Crippen LogP contribution in [0.3, 0.4) is 0 Å². The molecule has 0 radical (unpaired) electrons. The number of carbonyl (C=O) groups excluding carboxylic acids is 1. The van der Waals surface area contributed by atoms with Crippen LogP contribution in [0.15, 0.2) is 72.9 Å². The topological polar surface area (TPSA) is 42.0 Å². The zero-order valence-electron chi connectivity index (χ0n) is 14.2. The van der Waals surface area contributed by atoms with Crippen molar-refractivity contribution >= 4 is 5.91 Å². The van der Waals surface area contributed by atoms with Gasteiger partial charge in [-0.05, 0) is 42.8 Å². The zero-order chi connectivity index (χ0) is 18.4. The van der Waals surface area contributed by atoms with E-state index in [-0.39, 0.29) is 17.8 Å². The standard InChI is InChI=1S/C22H17FN2O/c1-16(19-7-3-2-4-8-19)25-22(26)21-13-12-18(15-24-21)11-10-17-6-5-9-20(23)14-17/h2-9,12-16H,1H3,(H,25,26). The Morgan fingerprint density at radius 2 is 1.77 bits per heavy atom. The van der Waals surface area contributed by atoms with Crippen LogP contribution in [0.1, 0.15) is 40.1 Å². The zero-order valence-corrected chi connectivity index (χ0v) is 14.2. The van der Waals surface area contributed by atoms with Crippen LogP contribution in [0.25, 0.3) is 0 Å². The Morgan fingerprint density at radius 3 is 2.46 bits per heavy atom. The maximum Gasteiger partial charge on any atom is 0.270 e. The van der Waals surface area contributed by atoms with Crippen LogP contribution >= 0.6 is 0 Å². The first kappa shape index (κ1) is 17.4. The number of rotatable bonds is 3. The van der Waals surface area contributed by atoms with Gasteiger partial charge >= 0.3 is 0 Å². The molecule has 128 valence electrons. The van der Waals surface area contributed by atoms with Gasteiger partial charge in [0, 0.05) is 17.3 Å². The van der Waals surface area contributed by atoms with Crippen molar-refractivity contribution in [3.8, 4) is 11.8 Å². The fourth-order valence-corrected chi connectivity index (χ4v) is 2.41. The number of hydrogen-bond acceptors (Lipinski definition) is 2. The molecule has 1 amide bonds. The SMILES string of the molecule is CC(NC(=O)c1ccc(C#Cc2cccc(F)c2)cn1)c1ccccc1. The van der Waals surface area contributed by atoms with Crippen LogP contribution in [-0.4, -0.2) is 10.9 Å². The molecule has 0 fully saturated rings. The molecule has 3 rings (SSSR count). The monoisotopic (exact) mass is 344 g/mol. The van der Waals surface area contributed by atoms with Crippen molar-refractivity contribution in [2.75, 3.05) is 0 Å². The van der Waals surface area contributed by atoms with Gasteiger partial charge < -0.3 is 5.32 Å². The Morgan fingerprint density at radius 1 is 1.00 bits per heavy atom. The predicted molar refractivity (Wildman–Crippen MR) is 98.9 cm³/mol. The molecule has 1 unspecified atom stereocenters. The number of hydrogen-bond donors (Lipinski definition) is 1. The predicted octanol–water partition coefficient (Wildman–Crippen LogP) is 4.11. The normalized spacial score (nSPS) is 11.2. The van der Waals surface area contributed by atoms with Crippen molar-refractivity contribution in [2.45, 2.75) is 13.0 Å². The van der Waals surface area contributed by atoms with Crippen LogP contribution in [-0.2, 0) is 0 Å². The summed E-state index contributed by atoms with van der Waals surface area (Å²) in [5.41, 5.74) is 2.59. The van der Waals surface area contributed by atoms with Gasteiger partial charge in [-0.2, -0.15) is 0 Å². The molecule has 3 nitrogen and oxygen atoms in total. The second-order valence-corrected chi connectivity index (χ2v) is 5.80. The molecule has 0 bridgehead atoms. The van der Waals surface area contributed by atoms with Crippen molar-refractivity contribution < 1.29 is 9.18 Å². The summed E-state index contributed by atoms with van der Waals surface area (Å²) in [6, 6.07) is 19.0. The number of aromatic nitrogens is 1. The van der Waals surface area contributed by atoms with Crippen molar-refractivity contribution in [1.82, 2.24) is 10.3 Å². The van der Waals surface area contributed by atoms with E-state index in [9.17, 15) is 9.18 Å². The first-order valence-corrected chi connectivity index (χ1v) is 8.21. The largest absolute Gasteiger partial charge is 0.344 e. The maximum absolute atomic E-state index is 13.1. The van der Waals surface area contributed by atoms with E-state index < -0.39 is 0 Å². The van der Waals surface area contributed by atoms with E-state index in [1.165, 1.54) is 18.3 Å². The van der Waals surface area contributed by atoms with Crippen LogP contribution in [0.2, 0.25) is 0 Å². The molecule has 0 saturated heterocycles. The summed E-state index contributed by atoms with van der Waals surface area (Å²) in [5, 5.41) is 2.92. The van der Waals surface area contributed by atoms with E-state index in [1.54, 1.807) is 24.3 Å². The lowest BCUT2D eigenvalue weighted by atomic mass is 10.1. The second-order valence-electron chi connectivity index (χ2n) is 5.80. The van der Waals surface area contributed by atoms with Crippen molar-refractivity contribution in [2.24, 2.45) is 0 Å². The van der Waals surface area contributed by atoms with Gasteiger partial charge in [-0.3, -0.25) is 4.79 Å². The van der Waals surface area contributed by atoms with Crippen LogP contribution < -0.4 is 5.32 Å². The average Bonchev–Trinajstić information content (AvgIpc) is 2.67. The molecule has 3 aromatic rings. The van der Waals surface area contributed by atoms with Crippen molar-refractivity contribution in [3.63, 3.8) is 0 Å². The van der Waals surface area contributed by atoms with Gasteiger partial charge in [0.1, 0.15) is 11.5 Å². The maximum atomic E-state index is 13.1. The van der Waals surface area contributed by atoms with E-state index in [0.717, 1.165) is 5.56 Å². The Labute approximate surface area is 151 Å². The number of nitrogens with one attached hydrogen (secondary N) is 1. The van der Waals surface area contributed by atoms with Gasteiger partial charge in [-0.25, -0.2) is 9.37 Å². The number of pyridine rings is 1. The van der Waals surface area contributed by atoms with E-state index in [4.69, 9.17) is 0 Å². The summed E-state index contributed by atoms with van der Waals surface area (Å²) >= 11 is 0. The quantitative estimate of drug-likeness (QED) is 0.727. The number of halogens is 1. The average molecular weight is 344 g/mol. The molecular formula is C22H17FN2O. The van der Waals surface area contributed by atoms with Gasteiger partial charge in [0.25, 0.3) is 5.91 Å². The van der Waals surface area contributed by atoms with E-state index in [0.29, 0.717) is 16.8 Å². The summed E-state index contributed by atoms with van der Waals surface area (Å²) in [7, 11) is 0. The van der Waals surface area contributed by atoms with Gasteiger partial charge in [0.2, 0.25) is 0 Å². The highest BCUT2D eigenvalue weighted by Gasteiger charge is 2.12. The minimum absolute atomic E-state index is 0.113. The molecule has 0 saturated carbocycles. The number of benzene rings is 2. The summed E-state index contributed by atoms with van der Waals surface area (Å²) in [5.74, 6) is 5.21. The van der Waals surface area contributed by atoms with E-state index in [2.05, 4.69) is 22.1 Å². The Kier molecular flexibility index (Phi) is 5.40. The molecule has 26 heavy (non-hydrogen) atoms. The molecular weight excluding hydrogens is 327 g/mol. The lowest BCUT2D eigenvalue weighted by molar-refractivity contribution is 0.0935. The highest BCUT2D eigenvalue weighted by molar-refractivity contribution is 5.92. The molecule has 1 aromatic heterocycles. The highest BCUT2D eigenvalue weighted by Crippen LogP contribution is 2.12. The lowest BCUT2D eigenvalue weighted by Gasteiger charge is -2.13. The minimum atomic E-state index is -0.325. The second kappa shape index (κ2) is 8.09. The highest BCUT2D eigenvalue weighted by atomic mass is 19.1. The molecule has 0 aliphatic heterocycles. The molecule has 2 aromatic carbocycles. The van der Waals surface area contributed by atoms with E-state index in [1.807, 2.05) is 37.3 Å². The molecule has 1 heterocycles. The number of nitrogens with zero attached hydrogens (tertiary/aromatic N) is 1. The molecule has 0 aliphatic rings. The first-order valence-electron chi connectivity index (χ1n) is 8.21. The third-order valence-corrected chi connectivity index (χ3v) is 3.82. The van der Waals surface area contributed by atoms with Gasteiger partial charge in [-0.1, -0.05) is 48.2 Å².